The van der Waals surface area contributed by atoms with Gasteiger partial charge in [0.2, 0.25) is 0 Å². The van der Waals surface area contributed by atoms with Crippen molar-refractivity contribution < 1.29 is 5.21 Å². The summed E-state index contributed by atoms with van der Waals surface area (Å²) >= 11 is 0. The molecule has 0 aromatic carbocycles. The SMILES string of the molecule is CCC=NC=NCC(C)/C(C)=N\O. The zero-order valence-electron chi connectivity index (χ0n) is 8.44. The van der Waals surface area contributed by atoms with Crippen molar-refractivity contribution in [2.45, 2.75) is 27.2 Å². The van der Waals surface area contributed by atoms with E-state index in [1.54, 1.807) is 13.1 Å². The lowest BCUT2D eigenvalue weighted by Crippen LogP contribution is -2.10. The van der Waals surface area contributed by atoms with E-state index in [4.69, 9.17) is 5.21 Å². The van der Waals surface area contributed by atoms with Crippen LogP contribution in [-0.4, -0.2) is 30.0 Å². The van der Waals surface area contributed by atoms with Gasteiger partial charge in [0.15, 0.2) is 0 Å². The van der Waals surface area contributed by atoms with E-state index in [-0.39, 0.29) is 5.92 Å². The Hall–Kier alpha value is -1.19. The number of aliphatic imine (C=N–C) groups is 2. The van der Waals surface area contributed by atoms with Gasteiger partial charge < -0.3 is 5.21 Å². The van der Waals surface area contributed by atoms with E-state index in [0.29, 0.717) is 12.3 Å². The summed E-state index contributed by atoms with van der Waals surface area (Å²) in [5.74, 6) is 0.165. The summed E-state index contributed by atoms with van der Waals surface area (Å²) in [6.45, 7) is 6.35. The van der Waals surface area contributed by atoms with E-state index in [0.717, 1.165) is 6.42 Å². The second kappa shape index (κ2) is 7.46. The number of oxime groups is 1. The molecule has 0 saturated carbocycles. The third kappa shape index (κ3) is 6.02. The quantitative estimate of drug-likeness (QED) is 0.301. The first kappa shape index (κ1) is 11.8. The van der Waals surface area contributed by atoms with E-state index in [9.17, 15) is 0 Å². The Balaban J connectivity index is 3.75. The highest BCUT2D eigenvalue weighted by Gasteiger charge is 2.03. The van der Waals surface area contributed by atoms with Crippen LogP contribution < -0.4 is 0 Å². The van der Waals surface area contributed by atoms with Crippen molar-refractivity contribution in [3.63, 3.8) is 0 Å². The monoisotopic (exact) mass is 183 g/mol. The highest BCUT2D eigenvalue weighted by atomic mass is 16.4. The van der Waals surface area contributed by atoms with Gasteiger partial charge in [-0.3, -0.25) is 4.99 Å². The van der Waals surface area contributed by atoms with Crippen LogP contribution in [0.15, 0.2) is 15.1 Å². The van der Waals surface area contributed by atoms with Gasteiger partial charge >= 0.3 is 0 Å². The average Bonchev–Trinajstić information content (AvgIpc) is 2.16. The molecule has 1 N–H and O–H groups in total. The minimum atomic E-state index is 0.165. The van der Waals surface area contributed by atoms with Crippen LogP contribution in [0.1, 0.15) is 27.2 Å². The van der Waals surface area contributed by atoms with Gasteiger partial charge in [0.1, 0.15) is 6.34 Å². The molecule has 0 aliphatic rings. The second-order valence-corrected chi connectivity index (χ2v) is 2.86. The van der Waals surface area contributed by atoms with Gasteiger partial charge in [-0.1, -0.05) is 19.0 Å². The fraction of sp³-hybridized carbons (Fsp3) is 0.667. The molecule has 4 nitrogen and oxygen atoms in total. The maximum Gasteiger partial charge on any atom is 0.109 e. The molecule has 0 aromatic heterocycles. The summed E-state index contributed by atoms with van der Waals surface area (Å²) in [5, 5.41) is 11.6. The van der Waals surface area contributed by atoms with E-state index in [1.165, 1.54) is 6.34 Å². The predicted molar refractivity (Wildman–Crippen MR) is 56.2 cm³/mol. The summed E-state index contributed by atoms with van der Waals surface area (Å²) in [6, 6.07) is 0. The summed E-state index contributed by atoms with van der Waals surface area (Å²) in [7, 11) is 0. The van der Waals surface area contributed by atoms with Crippen LogP contribution in [0.5, 0.6) is 0 Å². The van der Waals surface area contributed by atoms with Crippen LogP contribution >= 0.6 is 0 Å². The molecule has 0 rings (SSSR count). The molecule has 0 fully saturated rings. The van der Waals surface area contributed by atoms with Crippen molar-refractivity contribution in [3.8, 4) is 0 Å². The first-order chi connectivity index (χ1) is 6.22. The van der Waals surface area contributed by atoms with Crippen molar-refractivity contribution in [1.29, 1.82) is 0 Å². The van der Waals surface area contributed by atoms with Gasteiger partial charge in [-0.2, -0.15) is 0 Å². The molecule has 4 heteroatoms. The molecule has 0 aliphatic heterocycles. The lowest BCUT2D eigenvalue weighted by Gasteiger charge is -2.03. The summed E-state index contributed by atoms with van der Waals surface area (Å²) in [4.78, 5) is 7.99. The first-order valence-corrected chi connectivity index (χ1v) is 4.40. The fourth-order valence-corrected chi connectivity index (χ4v) is 0.636. The third-order valence-corrected chi connectivity index (χ3v) is 1.69. The smallest absolute Gasteiger partial charge is 0.109 e. The largest absolute Gasteiger partial charge is 0.411 e. The molecular formula is C9H17N3O. The van der Waals surface area contributed by atoms with E-state index >= 15 is 0 Å². The normalized spacial score (nSPS) is 15.8. The predicted octanol–water partition coefficient (Wildman–Crippen LogP) is 1.98. The molecule has 0 aliphatic carbocycles. The van der Waals surface area contributed by atoms with Gasteiger partial charge in [-0.15, -0.1) is 0 Å². The van der Waals surface area contributed by atoms with Gasteiger partial charge in [0, 0.05) is 18.7 Å². The minimum Gasteiger partial charge on any atom is -0.411 e. The van der Waals surface area contributed by atoms with Crippen LogP contribution in [-0.2, 0) is 0 Å². The molecule has 13 heavy (non-hydrogen) atoms. The zero-order chi connectivity index (χ0) is 10.1. The Labute approximate surface area is 79.1 Å². The van der Waals surface area contributed by atoms with Crippen molar-refractivity contribution in [1.82, 2.24) is 0 Å². The van der Waals surface area contributed by atoms with Crippen LogP contribution in [0.25, 0.3) is 0 Å². The zero-order valence-corrected chi connectivity index (χ0v) is 8.44. The topological polar surface area (TPSA) is 57.3 Å². The van der Waals surface area contributed by atoms with Crippen LogP contribution in [0.3, 0.4) is 0 Å². The van der Waals surface area contributed by atoms with Crippen LogP contribution in [0.2, 0.25) is 0 Å². The number of hydrogen-bond donors (Lipinski definition) is 1. The van der Waals surface area contributed by atoms with E-state index < -0.39 is 0 Å². The number of rotatable bonds is 5. The number of nitrogens with zero attached hydrogens (tertiary/aromatic N) is 3. The maximum atomic E-state index is 8.45. The summed E-state index contributed by atoms with van der Waals surface area (Å²) in [6.07, 6.45) is 4.24. The Morgan fingerprint density at radius 3 is 2.77 bits per heavy atom. The molecule has 74 valence electrons. The Bertz CT molecular complexity index is 209. The molecule has 0 heterocycles. The van der Waals surface area contributed by atoms with Gasteiger partial charge in [-0.05, 0) is 13.3 Å². The molecule has 1 unspecified atom stereocenters. The lowest BCUT2D eigenvalue weighted by atomic mass is 10.1. The third-order valence-electron chi connectivity index (χ3n) is 1.69. The highest BCUT2D eigenvalue weighted by Crippen LogP contribution is 1.98. The first-order valence-electron chi connectivity index (χ1n) is 4.40. The molecular weight excluding hydrogens is 166 g/mol. The molecule has 0 spiro atoms. The Kier molecular flexibility index (Phi) is 6.78. The van der Waals surface area contributed by atoms with Crippen LogP contribution in [0, 0.1) is 5.92 Å². The Morgan fingerprint density at radius 1 is 1.54 bits per heavy atom. The summed E-state index contributed by atoms with van der Waals surface area (Å²) < 4.78 is 0. The standard InChI is InChI=1S/C9H17N3O/c1-4-5-10-7-11-6-8(2)9(3)12-13/h5,7-8,13H,4,6H2,1-3H3/b10-5?,11-7?,12-9-. The van der Waals surface area contributed by atoms with Gasteiger partial charge in [0.25, 0.3) is 0 Å². The number of hydrogen-bond acceptors (Lipinski definition) is 3. The molecule has 1 atom stereocenters. The molecule has 0 radical (unpaired) electrons. The van der Waals surface area contributed by atoms with Crippen molar-refractivity contribution in [2.75, 3.05) is 6.54 Å². The fourth-order valence-electron chi connectivity index (χ4n) is 0.636. The van der Waals surface area contributed by atoms with Crippen molar-refractivity contribution >= 4 is 18.3 Å². The maximum absolute atomic E-state index is 8.45. The van der Waals surface area contributed by atoms with Gasteiger partial charge in [0.05, 0.1) is 5.71 Å². The minimum absolute atomic E-state index is 0.165. The molecule has 0 saturated heterocycles. The van der Waals surface area contributed by atoms with Crippen LogP contribution in [0.4, 0.5) is 0 Å². The molecule has 0 amide bonds. The van der Waals surface area contributed by atoms with Crippen molar-refractivity contribution in [2.24, 2.45) is 21.1 Å². The van der Waals surface area contributed by atoms with Gasteiger partial charge in [-0.25, -0.2) is 4.99 Å². The van der Waals surface area contributed by atoms with E-state index in [1.807, 2.05) is 13.8 Å². The Morgan fingerprint density at radius 2 is 2.23 bits per heavy atom. The lowest BCUT2D eigenvalue weighted by molar-refractivity contribution is 0.315. The second-order valence-electron chi connectivity index (χ2n) is 2.86. The van der Waals surface area contributed by atoms with E-state index in [2.05, 4.69) is 15.1 Å². The average molecular weight is 183 g/mol. The molecule has 0 bridgehead atoms. The molecule has 0 aromatic rings. The summed E-state index contributed by atoms with van der Waals surface area (Å²) in [5.41, 5.74) is 0.691. The highest BCUT2D eigenvalue weighted by molar-refractivity contribution is 5.83. The van der Waals surface area contributed by atoms with Crippen molar-refractivity contribution in [3.05, 3.63) is 0 Å².